The zero-order valence-corrected chi connectivity index (χ0v) is 8.07. The summed E-state index contributed by atoms with van der Waals surface area (Å²) in [6, 6.07) is 6.24. The fourth-order valence-corrected chi connectivity index (χ4v) is 1.04. The zero-order valence-electron chi connectivity index (χ0n) is 8.07. The van der Waals surface area contributed by atoms with Crippen molar-refractivity contribution in [1.29, 1.82) is 0 Å². The maximum absolute atomic E-state index is 12.6. The smallest absolute Gasteiger partial charge is 0.123 e. The van der Waals surface area contributed by atoms with Crippen LogP contribution < -0.4 is 0 Å². The highest BCUT2D eigenvalue weighted by Gasteiger charge is 1.96. The summed E-state index contributed by atoms with van der Waals surface area (Å²) in [6.45, 7) is 5.51. The largest absolute Gasteiger partial charge is 0.269 e. The third kappa shape index (κ3) is 2.66. The van der Waals surface area contributed by atoms with E-state index in [-0.39, 0.29) is 5.82 Å². The summed E-state index contributed by atoms with van der Waals surface area (Å²) in [7, 11) is 0. The minimum atomic E-state index is -0.240. The van der Waals surface area contributed by atoms with Gasteiger partial charge in [0.1, 0.15) is 5.82 Å². The second kappa shape index (κ2) is 5.12. The molecular formula is C12H12FN. The number of benzene rings is 1. The van der Waals surface area contributed by atoms with E-state index in [1.54, 1.807) is 30.6 Å². The summed E-state index contributed by atoms with van der Waals surface area (Å²) in [5, 5.41) is 0. The Labute approximate surface area is 83.3 Å². The van der Waals surface area contributed by atoms with Gasteiger partial charge in [-0.2, -0.15) is 0 Å². The van der Waals surface area contributed by atoms with Gasteiger partial charge < -0.3 is 0 Å². The number of halogens is 1. The highest BCUT2D eigenvalue weighted by Crippen LogP contribution is 2.15. The minimum absolute atomic E-state index is 0.240. The van der Waals surface area contributed by atoms with Crippen LogP contribution in [0.25, 0.3) is 5.57 Å². The summed E-state index contributed by atoms with van der Waals surface area (Å²) in [5.74, 6) is -0.240. The van der Waals surface area contributed by atoms with Gasteiger partial charge in [-0.05, 0) is 30.2 Å². The van der Waals surface area contributed by atoms with Crippen molar-refractivity contribution in [2.75, 3.05) is 0 Å². The standard InChI is InChI=1S/C12H12FN/c1-3-10(9-14-4-2)11-5-7-12(13)8-6-11/h3-9H,1H2,2H3/b10-9+,14-4?. The molecule has 1 aromatic carbocycles. The van der Waals surface area contributed by atoms with Crippen molar-refractivity contribution in [2.45, 2.75) is 6.92 Å². The molecule has 0 saturated carbocycles. The second-order valence-corrected chi connectivity index (χ2v) is 2.70. The Hall–Kier alpha value is -1.70. The Morgan fingerprint density at radius 3 is 2.50 bits per heavy atom. The summed E-state index contributed by atoms with van der Waals surface area (Å²) in [4.78, 5) is 3.99. The number of allylic oxidation sites excluding steroid dienone is 2. The number of hydrogen-bond acceptors (Lipinski definition) is 1. The first kappa shape index (κ1) is 10.4. The molecule has 0 aliphatic rings. The van der Waals surface area contributed by atoms with Crippen LogP contribution in [0.1, 0.15) is 12.5 Å². The van der Waals surface area contributed by atoms with E-state index >= 15 is 0 Å². The van der Waals surface area contributed by atoms with Gasteiger partial charge in [0, 0.05) is 12.4 Å². The van der Waals surface area contributed by atoms with E-state index in [4.69, 9.17) is 0 Å². The van der Waals surface area contributed by atoms with Gasteiger partial charge in [-0.3, -0.25) is 4.99 Å². The molecule has 0 N–H and O–H groups in total. The topological polar surface area (TPSA) is 12.4 Å². The van der Waals surface area contributed by atoms with Crippen molar-refractivity contribution in [1.82, 2.24) is 0 Å². The lowest BCUT2D eigenvalue weighted by Crippen LogP contribution is -1.81. The second-order valence-electron chi connectivity index (χ2n) is 2.70. The predicted molar refractivity (Wildman–Crippen MR) is 58.7 cm³/mol. The Kier molecular flexibility index (Phi) is 3.80. The first-order chi connectivity index (χ1) is 6.77. The van der Waals surface area contributed by atoms with Gasteiger partial charge in [0.05, 0.1) is 0 Å². The van der Waals surface area contributed by atoms with Crippen LogP contribution in [0.2, 0.25) is 0 Å². The number of aliphatic imine (C=N–C) groups is 1. The molecule has 0 radical (unpaired) electrons. The molecule has 1 nitrogen and oxygen atoms in total. The van der Waals surface area contributed by atoms with Gasteiger partial charge in [0.2, 0.25) is 0 Å². The van der Waals surface area contributed by atoms with Crippen LogP contribution in [-0.4, -0.2) is 6.21 Å². The predicted octanol–water partition coefficient (Wildman–Crippen LogP) is 3.44. The summed E-state index contributed by atoms with van der Waals surface area (Å²) >= 11 is 0. The lowest BCUT2D eigenvalue weighted by molar-refractivity contribution is 0.627. The molecule has 72 valence electrons. The van der Waals surface area contributed by atoms with E-state index in [1.165, 1.54) is 12.1 Å². The molecule has 0 heterocycles. The maximum atomic E-state index is 12.6. The van der Waals surface area contributed by atoms with Crippen LogP contribution in [-0.2, 0) is 0 Å². The molecule has 0 saturated heterocycles. The van der Waals surface area contributed by atoms with Crippen LogP contribution in [0.3, 0.4) is 0 Å². The lowest BCUT2D eigenvalue weighted by Gasteiger charge is -1.99. The van der Waals surface area contributed by atoms with Gasteiger partial charge in [0.25, 0.3) is 0 Å². The molecule has 1 rings (SSSR count). The minimum Gasteiger partial charge on any atom is -0.269 e. The Morgan fingerprint density at radius 1 is 1.36 bits per heavy atom. The Balaban J connectivity index is 3.01. The fraction of sp³-hybridized carbons (Fsp3) is 0.0833. The van der Waals surface area contributed by atoms with Gasteiger partial charge in [-0.15, -0.1) is 0 Å². The number of hydrogen-bond donors (Lipinski definition) is 0. The average molecular weight is 189 g/mol. The maximum Gasteiger partial charge on any atom is 0.123 e. The van der Waals surface area contributed by atoms with Crippen molar-refractivity contribution in [3.8, 4) is 0 Å². The third-order valence-electron chi connectivity index (χ3n) is 1.76. The molecule has 0 spiro atoms. The molecule has 0 aromatic heterocycles. The number of nitrogens with zero attached hydrogens (tertiary/aromatic N) is 1. The molecule has 0 unspecified atom stereocenters. The average Bonchev–Trinajstić information content (AvgIpc) is 2.21. The molecule has 14 heavy (non-hydrogen) atoms. The molecule has 0 atom stereocenters. The monoisotopic (exact) mass is 189 g/mol. The van der Waals surface area contributed by atoms with Crippen LogP contribution in [0, 0.1) is 5.82 Å². The molecule has 0 aliphatic heterocycles. The van der Waals surface area contributed by atoms with E-state index in [0.29, 0.717) is 0 Å². The quantitative estimate of drug-likeness (QED) is 0.510. The van der Waals surface area contributed by atoms with Crippen molar-refractivity contribution in [2.24, 2.45) is 4.99 Å². The zero-order chi connectivity index (χ0) is 10.4. The molecule has 0 aliphatic carbocycles. The highest BCUT2D eigenvalue weighted by molar-refractivity contribution is 5.74. The van der Waals surface area contributed by atoms with E-state index in [1.807, 2.05) is 6.92 Å². The van der Waals surface area contributed by atoms with E-state index in [2.05, 4.69) is 11.6 Å². The summed E-state index contributed by atoms with van der Waals surface area (Å²) in [5.41, 5.74) is 1.79. The van der Waals surface area contributed by atoms with Crippen molar-refractivity contribution < 1.29 is 4.39 Å². The van der Waals surface area contributed by atoms with Gasteiger partial charge >= 0.3 is 0 Å². The van der Waals surface area contributed by atoms with Crippen molar-refractivity contribution in [3.05, 3.63) is 54.5 Å². The molecule has 0 amide bonds. The SMILES string of the molecule is C=C/C(=C\N=CC)c1ccc(F)cc1. The van der Waals surface area contributed by atoms with Gasteiger partial charge in [-0.25, -0.2) is 4.39 Å². The van der Waals surface area contributed by atoms with Gasteiger partial charge in [0.15, 0.2) is 0 Å². The van der Waals surface area contributed by atoms with E-state index in [0.717, 1.165) is 11.1 Å². The third-order valence-corrected chi connectivity index (χ3v) is 1.76. The Morgan fingerprint density at radius 2 is 2.00 bits per heavy atom. The molecule has 0 bridgehead atoms. The Bertz CT molecular complexity index is 360. The first-order valence-electron chi connectivity index (χ1n) is 4.34. The van der Waals surface area contributed by atoms with Crippen LogP contribution >= 0.6 is 0 Å². The molecular weight excluding hydrogens is 177 g/mol. The van der Waals surface area contributed by atoms with Crippen molar-refractivity contribution >= 4 is 11.8 Å². The molecule has 2 heteroatoms. The van der Waals surface area contributed by atoms with E-state index < -0.39 is 0 Å². The molecule has 0 fully saturated rings. The van der Waals surface area contributed by atoms with Crippen LogP contribution in [0.15, 0.2) is 48.1 Å². The van der Waals surface area contributed by atoms with Crippen LogP contribution in [0.5, 0.6) is 0 Å². The normalized spacial score (nSPS) is 12.0. The van der Waals surface area contributed by atoms with E-state index in [9.17, 15) is 4.39 Å². The first-order valence-corrected chi connectivity index (χ1v) is 4.34. The van der Waals surface area contributed by atoms with Crippen LogP contribution in [0.4, 0.5) is 4.39 Å². The molecule has 1 aromatic rings. The number of rotatable bonds is 3. The lowest BCUT2D eigenvalue weighted by atomic mass is 10.1. The van der Waals surface area contributed by atoms with Crippen molar-refractivity contribution in [3.63, 3.8) is 0 Å². The van der Waals surface area contributed by atoms with Gasteiger partial charge in [-0.1, -0.05) is 24.8 Å². The fourth-order valence-electron chi connectivity index (χ4n) is 1.04. The summed E-state index contributed by atoms with van der Waals surface area (Å²) in [6.07, 6.45) is 5.08. The summed E-state index contributed by atoms with van der Waals surface area (Å²) < 4.78 is 12.6. The highest BCUT2D eigenvalue weighted by atomic mass is 19.1.